The number of hydrogen-bond donors (Lipinski definition) is 0. The third kappa shape index (κ3) is 8.39. The molecule has 0 aromatic heterocycles. The summed E-state index contributed by atoms with van der Waals surface area (Å²) in [6, 6.07) is 0. The monoisotopic (exact) mass is 542 g/mol. The molecule has 4 fully saturated rings. The van der Waals surface area contributed by atoms with E-state index in [-0.39, 0.29) is 22.7 Å². The van der Waals surface area contributed by atoms with Crippen LogP contribution < -0.4 is 0 Å². The second-order valence-corrected chi connectivity index (χ2v) is 12.8. The Balaban J connectivity index is 1.09. The highest BCUT2D eigenvalue weighted by Crippen LogP contribution is 2.32. The number of piperidine rings is 2. The molecule has 2 heterocycles. The molecule has 0 aromatic rings. The van der Waals surface area contributed by atoms with E-state index in [1.807, 2.05) is 0 Å². The Hall–Kier alpha value is -1.76. The fraction of sp³-hybridized carbons (Fsp3) is 0.750. The lowest BCUT2D eigenvalue weighted by Gasteiger charge is -2.31. The summed E-state index contributed by atoms with van der Waals surface area (Å²) in [7, 11) is 0. The molecule has 0 aromatic carbocycles. The van der Waals surface area contributed by atoms with E-state index in [1.165, 1.54) is 0 Å². The fourth-order valence-electron chi connectivity index (χ4n) is 4.28. The molecule has 2 saturated heterocycles. The van der Waals surface area contributed by atoms with Crippen molar-refractivity contribution in [2.24, 2.45) is 11.8 Å². The van der Waals surface area contributed by atoms with Gasteiger partial charge in [-0.05, 0) is 25.7 Å². The Morgan fingerprint density at radius 2 is 0.972 bits per heavy atom. The fourth-order valence-corrected chi connectivity index (χ4v) is 7.03. The maximum atomic E-state index is 12.3. The zero-order chi connectivity index (χ0) is 25.7. The molecule has 2 atom stereocenters. The molecule has 2 aliphatic heterocycles. The number of esters is 2. The van der Waals surface area contributed by atoms with Crippen molar-refractivity contribution in [3.05, 3.63) is 12.2 Å². The summed E-state index contributed by atoms with van der Waals surface area (Å²) < 4.78 is 34.9. The van der Waals surface area contributed by atoms with Gasteiger partial charge in [0.25, 0.3) is 0 Å². The lowest BCUT2D eigenvalue weighted by molar-refractivity contribution is -0.147. The first kappa shape index (κ1) is 27.3. The number of rotatable bonds is 8. The number of carbonyl (C=O) groups is 4. The van der Waals surface area contributed by atoms with Crippen molar-refractivity contribution in [3.63, 3.8) is 0 Å². The van der Waals surface area contributed by atoms with Crippen LogP contribution in [0, 0.1) is 11.8 Å². The smallest absolute Gasteiger partial charge is 0.429 e. The van der Waals surface area contributed by atoms with Crippen LogP contribution in [0.3, 0.4) is 0 Å². The maximum absolute atomic E-state index is 12.3. The zero-order valence-corrected chi connectivity index (χ0v) is 22.0. The van der Waals surface area contributed by atoms with Crippen molar-refractivity contribution in [2.75, 3.05) is 37.7 Å². The van der Waals surface area contributed by atoms with Gasteiger partial charge in [0.05, 0.1) is 0 Å². The van der Waals surface area contributed by atoms with Crippen LogP contribution in [0.25, 0.3) is 0 Å². The average molecular weight is 543 g/mol. The Kier molecular flexibility index (Phi) is 9.59. The molecule has 0 N–H and O–H groups in total. The van der Waals surface area contributed by atoms with Crippen molar-refractivity contribution in [1.82, 2.24) is 9.80 Å². The van der Waals surface area contributed by atoms with Crippen LogP contribution in [0.4, 0.5) is 9.59 Å². The molecule has 4 rings (SSSR count). The number of carbonyl (C=O) groups excluding carboxylic acids is 4. The summed E-state index contributed by atoms with van der Waals surface area (Å²) in [6.45, 7) is 1.53. The normalized spacial score (nSPS) is 23.4. The van der Waals surface area contributed by atoms with E-state index in [2.05, 4.69) is 0 Å². The minimum atomic E-state index is -1.49. The van der Waals surface area contributed by atoms with E-state index >= 15 is 0 Å². The topological polar surface area (TPSA) is 139 Å². The largest absolute Gasteiger partial charge is 0.608 e. The third-order valence-electron chi connectivity index (χ3n) is 6.88. The quantitative estimate of drug-likeness (QED) is 0.258. The van der Waals surface area contributed by atoms with Crippen molar-refractivity contribution in [1.29, 1.82) is 0 Å². The summed E-state index contributed by atoms with van der Waals surface area (Å²) >= 11 is -2.97. The molecule has 2 amide bonds. The highest BCUT2D eigenvalue weighted by molar-refractivity contribution is 8.06. The van der Waals surface area contributed by atoms with Crippen LogP contribution in [-0.2, 0) is 41.4 Å². The third-order valence-corrected chi connectivity index (χ3v) is 9.72. The van der Waals surface area contributed by atoms with Crippen LogP contribution in [-0.4, -0.2) is 91.2 Å². The van der Waals surface area contributed by atoms with Gasteiger partial charge in [0.15, 0.2) is 0 Å². The second-order valence-electron chi connectivity index (χ2n) is 10.0. The lowest BCUT2D eigenvalue weighted by atomic mass is 10.1. The summed E-state index contributed by atoms with van der Waals surface area (Å²) in [6.07, 6.45) is 7.33. The van der Waals surface area contributed by atoms with Gasteiger partial charge >= 0.3 is 22.4 Å². The summed E-state index contributed by atoms with van der Waals surface area (Å²) in [5, 5.41) is -0.674. The maximum Gasteiger partial charge on any atom is 0.429 e. The van der Waals surface area contributed by atoms with Crippen molar-refractivity contribution < 1.29 is 37.8 Å². The first-order valence-electron chi connectivity index (χ1n) is 12.7. The predicted molar refractivity (Wildman–Crippen MR) is 133 cm³/mol. The Morgan fingerprint density at radius 3 is 1.28 bits per heavy atom. The number of likely N-dealkylation sites (tertiary alicyclic amines) is 2. The number of amides is 2. The van der Waals surface area contributed by atoms with Crippen LogP contribution in [0.15, 0.2) is 12.2 Å². The highest BCUT2D eigenvalue weighted by atomic mass is 32.2. The standard InChI is InChI=1S/C24H34N2O8S2/c27-21(33-19-7-11-25(12-8-19)23(29)35(31)15-17-1-2-17)5-6-22(28)34-20-9-13-26(14-10-20)24(30)36(32)16-18-3-4-18/h5-6,17-20H,1-4,7-16H2/b6-5+. The minimum absolute atomic E-state index is 0.337. The van der Waals surface area contributed by atoms with Crippen LogP contribution in [0.5, 0.6) is 0 Å². The molecule has 36 heavy (non-hydrogen) atoms. The molecule has 2 aliphatic carbocycles. The van der Waals surface area contributed by atoms with Crippen LogP contribution >= 0.6 is 0 Å². The molecule has 12 heteroatoms. The Morgan fingerprint density at radius 1 is 0.639 bits per heavy atom. The van der Waals surface area contributed by atoms with Crippen molar-refractivity contribution >= 4 is 44.8 Å². The van der Waals surface area contributed by atoms with E-state index in [1.54, 1.807) is 9.80 Å². The molecular formula is C24H34N2O8S2. The van der Waals surface area contributed by atoms with E-state index in [4.69, 9.17) is 9.47 Å². The molecule has 0 bridgehead atoms. The van der Waals surface area contributed by atoms with E-state index < -0.39 is 34.3 Å². The SMILES string of the molecule is O=C(/C=C/C(=O)OC1CCN(C(=O)[S+]([O-])CC2CC2)CC1)OC1CCN(C(=O)[S+]([O-])CC2CC2)CC1. The van der Waals surface area contributed by atoms with Crippen molar-refractivity contribution in [2.45, 2.75) is 63.6 Å². The molecule has 4 aliphatic rings. The van der Waals surface area contributed by atoms with Gasteiger partial charge in [-0.2, -0.15) is 0 Å². The molecule has 0 radical (unpaired) electrons. The average Bonchev–Trinajstić information content (AvgIpc) is 3.80. The number of hydrogen-bond acceptors (Lipinski definition) is 8. The number of nitrogens with zero attached hydrogens (tertiary/aromatic N) is 2. The second kappa shape index (κ2) is 12.7. The molecule has 0 spiro atoms. The van der Waals surface area contributed by atoms with Gasteiger partial charge in [-0.1, -0.05) is 0 Å². The first-order valence-corrected chi connectivity index (χ1v) is 15.4. The Bertz CT molecular complexity index is 779. The van der Waals surface area contributed by atoms with Gasteiger partial charge in [0.2, 0.25) is 0 Å². The minimum Gasteiger partial charge on any atom is -0.608 e. The zero-order valence-electron chi connectivity index (χ0n) is 20.3. The van der Waals surface area contributed by atoms with Gasteiger partial charge in [0, 0.05) is 98.2 Å². The van der Waals surface area contributed by atoms with E-state index in [0.717, 1.165) is 37.8 Å². The van der Waals surface area contributed by atoms with Crippen molar-refractivity contribution in [3.8, 4) is 0 Å². The molecular weight excluding hydrogens is 508 g/mol. The Labute approximate surface area is 217 Å². The van der Waals surface area contributed by atoms with E-state index in [9.17, 15) is 28.3 Å². The van der Waals surface area contributed by atoms with Crippen LogP contribution in [0.2, 0.25) is 0 Å². The van der Waals surface area contributed by atoms with Gasteiger partial charge < -0.3 is 18.6 Å². The van der Waals surface area contributed by atoms with Gasteiger partial charge in [0.1, 0.15) is 23.7 Å². The molecule has 200 valence electrons. The highest BCUT2D eigenvalue weighted by Gasteiger charge is 2.37. The van der Waals surface area contributed by atoms with Gasteiger partial charge in [-0.3, -0.25) is 9.80 Å². The molecule has 2 unspecified atom stereocenters. The van der Waals surface area contributed by atoms with Gasteiger partial charge in [-0.15, -0.1) is 0 Å². The first-order chi connectivity index (χ1) is 17.3. The molecule has 10 nitrogen and oxygen atoms in total. The van der Waals surface area contributed by atoms with Gasteiger partial charge in [-0.25, -0.2) is 19.2 Å². The molecule has 2 saturated carbocycles. The van der Waals surface area contributed by atoms with Crippen LogP contribution in [0.1, 0.15) is 51.4 Å². The predicted octanol–water partition coefficient (Wildman–Crippen LogP) is 2.12. The van der Waals surface area contributed by atoms with E-state index in [0.29, 0.717) is 75.2 Å². The summed E-state index contributed by atoms with van der Waals surface area (Å²) in [5.41, 5.74) is 0. The summed E-state index contributed by atoms with van der Waals surface area (Å²) in [4.78, 5) is 51.9. The number of ether oxygens (including phenoxy) is 2. The summed E-state index contributed by atoms with van der Waals surface area (Å²) in [5.74, 6) is 0.384. The lowest BCUT2D eigenvalue weighted by Crippen LogP contribution is -2.44.